The van der Waals surface area contributed by atoms with Gasteiger partial charge in [0, 0.05) is 30.3 Å². The average molecular weight is 406 g/mol. The smallest absolute Gasteiger partial charge is 0.410 e. The maximum Gasteiger partial charge on any atom is 0.410 e. The number of imidazole rings is 1. The van der Waals surface area contributed by atoms with Crippen LogP contribution in [0.1, 0.15) is 37.6 Å². The number of rotatable bonds is 3. The molecule has 1 unspecified atom stereocenters. The van der Waals surface area contributed by atoms with Crippen LogP contribution < -0.4 is 5.32 Å². The summed E-state index contributed by atoms with van der Waals surface area (Å²) in [6, 6.07) is 15.1. The van der Waals surface area contributed by atoms with E-state index in [0.717, 1.165) is 22.4 Å². The van der Waals surface area contributed by atoms with Crippen molar-refractivity contribution < 1.29 is 14.3 Å². The summed E-state index contributed by atoms with van der Waals surface area (Å²) in [5.74, 6) is 0.562. The van der Waals surface area contributed by atoms with Crippen molar-refractivity contribution in [3.63, 3.8) is 0 Å². The monoisotopic (exact) mass is 406 g/mol. The van der Waals surface area contributed by atoms with Gasteiger partial charge in [-0.1, -0.05) is 24.3 Å². The number of H-pyrrole nitrogens is 1. The largest absolute Gasteiger partial charge is 0.444 e. The first-order valence-corrected chi connectivity index (χ1v) is 10.1. The second kappa shape index (κ2) is 7.82. The van der Waals surface area contributed by atoms with E-state index < -0.39 is 5.60 Å². The highest BCUT2D eigenvalue weighted by Crippen LogP contribution is 2.22. The molecule has 4 rings (SSSR count). The number of hydrogen-bond acceptors (Lipinski definition) is 4. The number of carbonyl (C=O) groups is 2. The molecule has 1 aromatic heterocycles. The topological polar surface area (TPSA) is 87.3 Å². The number of likely N-dealkylation sites (tertiary alicyclic amines) is 1. The van der Waals surface area contributed by atoms with Crippen molar-refractivity contribution >= 4 is 23.0 Å². The van der Waals surface area contributed by atoms with Crippen LogP contribution in [-0.4, -0.2) is 51.6 Å². The van der Waals surface area contributed by atoms with Gasteiger partial charge in [0.05, 0.1) is 11.0 Å². The summed E-state index contributed by atoms with van der Waals surface area (Å²) < 4.78 is 5.41. The van der Waals surface area contributed by atoms with Crippen molar-refractivity contribution in [2.24, 2.45) is 0 Å². The van der Waals surface area contributed by atoms with Crippen molar-refractivity contribution in [2.45, 2.75) is 38.8 Å². The highest BCUT2D eigenvalue weighted by Gasteiger charge is 2.30. The van der Waals surface area contributed by atoms with Gasteiger partial charge in [0.2, 0.25) is 0 Å². The van der Waals surface area contributed by atoms with E-state index in [-0.39, 0.29) is 18.0 Å². The fourth-order valence-electron chi connectivity index (χ4n) is 3.54. The third-order valence-corrected chi connectivity index (χ3v) is 4.96. The summed E-state index contributed by atoms with van der Waals surface area (Å²) in [6.45, 7) is 6.54. The molecule has 1 atom stereocenters. The van der Waals surface area contributed by atoms with Crippen molar-refractivity contribution in [3.8, 4) is 11.4 Å². The van der Waals surface area contributed by atoms with Gasteiger partial charge in [-0.05, 0) is 51.5 Å². The van der Waals surface area contributed by atoms with E-state index in [1.807, 2.05) is 63.2 Å². The molecule has 2 N–H and O–H groups in total. The van der Waals surface area contributed by atoms with Gasteiger partial charge in [0.1, 0.15) is 11.4 Å². The van der Waals surface area contributed by atoms with Crippen molar-refractivity contribution in [1.29, 1.82) is 0 Å². The molecule has 30 heavy (non-hydrogen) atoms. The number of fused-ring (bicyclic) bond motifs is 1. The minimum absolute atomic E-state index is 0.0973. The Morgan fingerprint density at radius 2 is 1.97 bits per heavy atom. The van der Waals surface area contributed by atoms with Crippen LogP contribution in [-0.2, 0) is 4.74 Å². The molecule has 3 aromatic rings. The Bertz CT molecular complexity index is 1050. The zero-order chi connectivity index (χ0) is 21.3. The number of hydrogen-bond donors (Lipinski definition) is 2. The van der Waals surface area contributed by atoms with Gasteiger partial charge in [-0.25, -0.2) is 9.78 Å². The van der Waals surface area contributed by atoms with E-state index in [1.54, 1.807) is 11.0 Å². The first-order chi connectivity index (χ1) is 14.3. The number of nitrogens with zero attached hydrogens (tertiary/aromatic N) is 2. The molecular weight excluding hydrogens is 380 g/mol. The van der Waals surface area contributed by atoms with E-state index >= 15 is 0 Å². The predicted octanol–water partition coefficient (Wildman–Crippen LogP) is 3.97. The van der Waals surface area contributed by atoms with Crippen LogP contribution in [0.4, 0.5) is 4.79 Å². The van der Waals surface area contributed by atoms with Crippen molar-refractivity contribution in [1.82, 2.24) is 20.2 Å². The SMILES string of the molecule is CC(C)(C)OC(=O)N1CCC(NC(=O)c2cccc(-c3nc4ccccc4[nH]3)c2)C1. The zero-order valence-corrected chi connectivity index (χ0v) is 17.4. The summed E-state index contributed by atoms with van der Waals surface area (Å²) in [6.07, 6.45) is 0.361. The Hall–Kier alpha value is -3.35. The molecule has 0 bridgehead atoms. The van der Waals surface area contributed by atoms with Crippen LogP contribution in [0.5, 0.6) is 0 Å². The molecule has 0 saturated carbocycles. The average Bonchev–Trinajstić information content (AvgIpc) is 3.33. The molecule has 2 amide bonds. The first-order valence-electron chi connectivity index (χ1n) is 10.1. The molecule has 0 aliphatic carbocycles. The number of para-hydroxylation sites is 2. The van der Waals surface area contributed by atoms with Crippen LogP contribution in [0.3, 0.4) is 0 Å². The van der Waals surface area contributed by atoms with Gasteiger partial charge in [-0.3, -0.25) is 4.79 Å². The van der Waals surface area contributed by atoms with Gasteiger partial charge in [-0.15, -0.1) is 0 Å². The Kier molecular flexibility index (Phi) is 5.20. The lowest BCUT2D eigenvalue weighted by molar-refractivity contribution is 0.0290. The second-order valence-corrected chi connectivity index (χ2v) is 8.57. The molecule has 7 nitrogen and oxygen atoms in total. The van der Waals surface area contributed by atoms with E-state index in [9.17, 15) is 9.59 Å². The number of ether oxygens (including phenoxy) is 1. The number of benzene rings is 2. The van der Waals surface area contributed by atoms with Crippen molar-refractivity contribution in [2.75, 3.05) is 13.1 Å². The van der Waals surface area contributed by atoms with Gasteiger partial charge in [0.15, 0.2) is 0 Å². The van der Waals surface area contributed by atoms with Gasteiger partial charge in [-0.2, -0.15) is 0 Å². The van der Waals surface area contributed by atoms with E-state index in [1.165, 1.54) is 0 Å². The standard InChI is InChI=1S/C23H26N4O3/c1-23(2,3)30-22(29)27-12-11-17(14-27)24-21(28)16-8-6-7-15(13-16)20-25-18-9-4-5-10-19(18)26-20/h4-10,13,17H,11-12,14H2,1-3H3,(H,24,28)(H,25,26). The highest BCUT2D eigenvalue weighted by atomic mass is 16.6. The number of nitrogens with one attached hydrogen (secondary N) is 2. The Labute approximate surface area is 175 Å². The van der Waals surface area contributed by atoms with E-state index in [2.05, 4.69) is 15.3 Å². The zero-order valence-electron chi connectivity index (χ0n) is 17.4. The van der Waals surface area contributed by atoms with Crippen LogP contribution in [0.15, 0.2) is 48.5 Å². The van der Waals surface area contributed by atoms with Crippen molar-refractivity contribution in [3.05, 3.63) is 54.1 Å². The summed E-state index contributed by atoms with van der Waals surface area (Å²) in [4.78, 5) is 34.5. The maximum absolute atomic E-state index is 12.8. The summed E-state index contributed by atoms with van der Waals surface area (Å²) in [5.41, 5.74) is 2.71. The number of aromatic amines is 1. The first kappa shape index (κ1) is 19.9. The molecule has 156 valence electrons. The molecule has 0 radical (unpaired) electrons. The molecule has 1 saturated heterocycles. The Morgan fingerprint density at radius 1 is 1.17 bits per heavy atom. The van der Waals surface area contributed by atoms with Gasteiger partial charge >= 0.3 is 6.09 Å². The minimum Gasteiger partial charge on any atom is -0.444 e. The highest BCUT2D eigenvalue weighted by molar-refractivity contribution is 5.95. The quantitative estimate of drug-likeness (QED) is 0.689. The normalized spacial score (nSPS) is 16.6. The van der Waals surface area contributed by atoms with Gasteiger partial charge in [0.25, 0.3) is 5.91 Å². The molecule has 1 fully saturated rings. The van der Waals surface area contributed by atoms with E-state index in [0.29, 0.717) is 25.1 Å². The molecule has 1 aliphatic rings. The molecule has 0 spiro atoms. The van der Waals surface area contributed by atoms with Crippen LogP contribution in [0, 0.1) is 0 Å². The third-order valence-electron chi connectivity index (χ3n) is 4.96. The lowest BCUT2D eigenvalue weighted by Crippen LogP contribution is -2.40. The molecule has 2 heterocycles. The Morgan fingerprint density at radius 3 is 2.73 bits per heavy atom. The number of aromatic nitrogens is 2. The van der Waals surface area contributed by atoms with Crippen LogP contribution >= 0.6 is 0 Å². The Balaban J connectivity index is 1.42. The van der Waals surface area contributed by atoms with Gasteiger partial charge < -0.3 is 19.9 Å². The minimum atomic E-state index is -0.532. The molecular formula is C23H26N4O3. The maximum atomic E-state index is 12.8. The summed E-state index contributed by atoms with van der Waals surface area (Å²) in [5, 5.41) is 3.03. The number of carbonyl (C=O) groups excluding carboxylic acids is 2. The molecule has 7 heteroatoms. The molecule has 1 aliphatic heterocycles. The lowest BCUT2D eigenvalue weighted by Gasteiger charge is -2.24. The predicted molar refractivity (Wildman–Crippen MR) is 115 cm³/mol. The molecule has 2 aromatic carbocycles. The fraction of sp³-hybridized carbons (Fsp3) is 0.348. The second-order valence-electron chi connectivity index (χ2n) is 8.57. The van der Waals surface area contributed by atoms with Crippen LogP contribution in [0.2, 0.25) is 0 Å². The lowest BCUT2D eigenvalue weighted by atomic mass is 10.1. The third kappa shape index (κ3) is 4.45. The van der Waals surface area contributed by atoms with E-state index in [4.69, 9.17) is 4.74 Å². The fourth-order valence-corrected chi connectivity index (χ4v) is 3.54. The number of amides is 2. The summed E-state index contributed by atoms with van der Waals surface area (Å²) in [7, 11) is 0. The van der Waals surface area contributed by atoms with Crippen LogP contribution in [0.25, 0.3) is 22.4 Å². The summed E-state index contributed by atoms with van der Waals surface area (Å²) >= 11 is 0.